The van der Waals surface area contributed by atoms with E-state index in [4.69, 9.17) is 11.6 Å². The molecule has 1 aromatic heterocycles. The number of hydrogen-bond donors (Lipinski definition) is 1. The Hall–Kier alpha value is -1.10. The van der Waals surface area contributed by atoms with Gasteiger partial charge >= 0.3 is 0 Å². The number of rotatable bonds is 2. The molecular formula is C14H14ClNO2S. The monoisotopic (exact) mass is 295 g/mol. The van der Waals surface area contributed by atoms with E-state index in [0.29, 0.717) is 31.0 Å². The van der Waals surface area contributed by atoms with Gasteiger partial charge in [0.1, 0.15) is 0 Å². The van der Waals surface area contributed by atoms with Crippen molar-refractivity contribution in [1.29, 1.82) is 0 Å². The van der Waals surface area contributed by atoms with Gasteiger partial charge in [-0.05, 0) is 40.9 Å². The molecule has 2 heterocycles. The first-order valence-corrected chi connectivity index (χ1v) is 7.51. The number of carbonyl (C=O) groups excluding carboxylic acids is 1. The average Bonchev–Trinajstić information content (AvgIpc) is 2.97. The summed E-state index contributed by atoms with van der Waals surface area (Å²) in [6.07, 6.45) is 0.701. The summed E-state index contributed by atoms with van der Waals surface area (Å²) in [5, 5.41) is 13.2. The number of halogens is 1. The van der Waals surface area contributed by atoms with Crippen LogP contribution in [0.2, 0.25) is 5.02 Å². The van der Waals surface area contributed by atoms with Crippen molar-refractivity contribution in [3.8, 4) is 0 Å². The fraction of sp³-hybridized carbons (Fsp3) is 0.357. The topological polar surface area (TPSA) is 40.5 Å². The van der Waals surface area contributed by atoms with Gasteiger partial charge in [-0.25, -0.2) is 0 Å². The van der Waals surface area contributed by atoms with Crippen LogP contribution < -0.4 is 0 Å². The number of β-amino-alcohol motifs (C(OH)–C–C–N with tert-alkyl or cyclic N) is 1. The van der Waals surface area contributed by atoms with Gasteiger partial charge in [-0.3, -0.25) is 4.79 Å². The highest BCUT2D eigenvalue weighted by molar-refractivity contribution is 7.17. The lowest BCUT2D eigenvalue weighted by Crippen LogP contribution is -2.30. The summed E-state index contributed by atoms with van der Waals surface area (Å²) < 4.78 is 1.15. The number of aliphatic hydroxyl groups excluding tert-OH is 1. The van der Waals surface area contributed by atoms with Gasteiger partial charge in [0.2, 0.25) is 5.91 Å². The van der Waals surface area contributed by atoms with Crippen LogP contribution >= 0.6 is 22.9 Å². The Balaban J connectivity index is 1.81. The molecule has 1 aliphatic rings. The predicted octanol–water partition coefficient (Wildman–Crippen LogP) is 2.69. The zero-order chi connectivity index (χ0) is 13.4. The number of likely N-dealkylation sites (tertiary alicyclic amines) is 1. The average molecular weight is 296 g/mol. The molecule has 0 aliphatic carbocycles. The van der Waals surface area contributed by atoms with Crippen LogP contribution in [0.5, 0.6) is 0 Å². The van der Waals surface area contributed by atoms with E-state index in [0.717, 1.165) is 15.6 Å². The Labute approximate surface area is 120 Å². The van der Waals surface area contributed by atoms with E-state index in [1.54, 1.807) is 16.2 Å². The number of nitrogens with zero attached hydrogens (tertiary/aromatic N) is 1. The van der Waals surface area contributed by atoms with E-state index >= 15 is 0 Å². The second-order valence-electron chi connectivity index (χ2n) is 4.86. The van der Waals surface area contributed by atoms with Crippen molar-refractivity contribution in [3.05, 3.63) is 34.2 Å². The fourth-order valence-electron chi connectivity index (χ4n) is 2.43. The van der Waals surface area contributed by atoms with Gasteiger partial charge in [-0.2, -0.15) is 0 Å². The van der Waals surface area contributed by atoms with Crippen LogP contribution in [0.25, 0.3) is 10.1 Å². The Morgan fingerprint density at radius 2 is 2.37 bits per heavy atom. The Bertz CT molecular complexity index is 625. The SMILES string of the molecule is O=C(Cc1csc2ccc(Cl)cc12)N1CC[C@@H](O)C1. The third kappa shape index (κ3) is 2.61. The zero-order valence-electron chi connectivity index (χ0n) is 10.3. The van der Waals surface area contributed by atoms with Crippen LogP contribution in [-0.4, -0.2) is 35.1 Å². The molecule has 1 saturated heterocycles. The molecule has 0 radical (unpaired) electrons. The van der Waals surface area contributed by atoms with Crippen molar-refractivity contribution in [3.63, 3.8) is 0 Å². The van der Waals surface area contributed by atoms with Crippen LogP contribution in [0.4, 0.5) is 0 Å². The molecule has 3 nitrogen and oxygen atoms in total. The van der Waals surface area contributed by atoms with E-state index in [9.17, 15) is 9.90 Å². The summed E-state index contributed by atoms with van der Waals surface area (Å²) in [6, 6.07) is 5.76. The maximum Gasteiger partial charge on any atom is 0.227 e. The number of hydrogen-bond acceptors (Lipinski definition) is 3. The van der Waals surface area contributed by atoms with Gasteiger partial charge in [0.25, 0.3) is 0 Å². The van der Waals surface area contributed by atoms with Crippen LogP contribution in [0.15, 0.2) is 23.6 Å². The van der Waals surface area contributed by atoms with Crippen LogP contribution in [0.1, 0.15) is 12.0 Å². The maximum absolute atomic E-state index is 12.2. The molecule has 0 saturated carbocycles. The third-order valence-corrected chi connectivity index (χ3v) is 4.72. The van der Waals surface area contributed by atoms with E-state index in [2.05, 4.69) is 0 Å². The van der Waals surface area contributed by atoms with E-state index in [-0.39, 0.29) is 12.0 Å². The van der Waals surface area contributed by atoms with Crippen molar-refractivity contribution in [2.45, 2.75) is 18.9 Å². The van der Waals surface area contributed by atoms with Crippen molar-refractivity contribution >= 4 is 38.9 Å². The lowest BCUT2D eigenvalue weighted by molar-refractivity contribution is -0.129. The molecule has 19 heavy (non-hydrogen) atoms. The van der Waals surface area contributed by atoms with E-state index in [1.807, 2.05) is 23.6 Å². The lowest BCUT2D eigenvalue weighted by atomic mass is 10.1. The van der Waals surface area contributed by atoms with Crippen molar-refractivity contribution in [2.75, 3.05) is 13.1 Å². The minimum Gasteiger partial charge on any atom is -0.391 e. The molecule has 1 atom stereocenters. The first-order chi connectivity index (χ1) is 9.13. The number of carbonyl (C=O) groups is 1. The standard InChI is InChI=1S/C14H14ClNO2S/c15-10-1-2-13-12(6-10)9(8-19-13)5-14(18)16-4-3-11(17)7-16/h1-2,6,8,11,17H,3-5,7H2/t11-/m1/s1. The molecule has 2 aromatic rings. The molecule has 3 rings (SSSR count). The van der Waals surface area contributed by atoms with Gasteiger partial charge in [0.05, 0.1) is 12.5 Å². The van der Waals surface area contributed by atoms with Crippen molar-refractivity contribution < 1.29 is 9.90 Å². The highest BCUT2D eigenvalue weighted by Gasteiger charge is 2.24. The molecular weight excluding hydrogens is 282 g/mol. The van der Waals surface area contributed by atoms with Crippen LogP contribution in [0.3, 0.4) is 0 Å². The minimum atomic E-state index is -0.363. The predicted molar refractivity (Wildman–Crippen MR) is 77.7 cm³/mol. The Morgan fingerprint density at radius 1 is 1.53 bits per heavy atom. The van der Waals surface area contributed by atoms with Gasteiger partial charge in [-0.15, -0.1) is 11.3 Å². The van der Waals surface area contributed by atoms with Gasteiger partial charge in [0.15, 0.2) is 0 Å². The highest BCUT2D eigenvalue weighted by Crippen LogP contribution is 2.29. The second kappa shape index (κ2) is 5.12. The number of fused-ring (bicyclic) bond motifs is 1. The number of benzene rings is 1. The quantitative estimate of drug-likeness (QED) is 0.925. The van der Waals surface area contributed by atoms with Crippen molar-refractivity contribution in [1.82, 2.24) is 4.90 Å². The molecule has 1 amide bonds. The summed E-state index contributed by atoms with van der Waals surface area (Å²) >= 11 is 7.64. The Kier molecular flexibility index (Phi) is 3.48. The smallest absolute Gasteiger partial charge is 0.227 e. The largest absolute Gasteiger partial charge is 0.391 e. The molecule has 0 unspecified atom stereocenters. The first-order valence-electron chi connectivity index (χ1n) is 6.25. The summed E-state index contributed by atoms with van der Waals surface area (Å²) in [5.41, 5.74) is 1.02. The van der Waals surface area contributed by atoms with Gasteiger partial charge in [0, 0.05) is 22.8 Å². The molecule has 1 aromatic carbocycles. The van der Waals surface area contributed by atoms with Crippen molar-refractivity contribution in [2.24, 2.45) is 0 Å². The molecule has 100 valence electrons. The van der Waals surface area contributed by atoms with E-state index in [1.165, 1.54) is 0 Å². The fourth-order valence-corrected chi connectivity index (χ4v) is 3.55. The molecule has 1 aliphatic heterocycles. The third-order valence-electron chi connectivity index (χ3n) is 3.47. The Morgan fingerprint density at radius 3 is 3.11 bits per heavy atom. The molecule has 0 bridgehead atoms. The summed E-state index contributed by atoms with van der Waals surface area (Å²) in [6.45, 7) is 1.12. The minimum absolute atomic E-state index is 0.0798. The molecule has 0 spiro atoms. The van der Waals surface area contributed by atoms with Gasteiger partial charge < -0.3 is 10.0 Å². The second-order valence-corrected chi connectivity index (χ2v) is 6.21. The lowest BCUT2D eigenvalue weighted by Gasteiger charge is -2.15. The summed E-state index contributed by atoms with van der Waals surface area (Å²) in [4.78, 5) is 13.9. The zero-order valence-corrected chi connectivity index (χ0v) is 11.9. The normalized spacial score (nSPS) is 19.3. The van der Waals surface area contributed by atoms with Crippen LogP contribution in [-0.2, 0) is 11.2 Å². The maximum atomic E-state index is 12.2. The van der Waals surface area contributed by atoms with Gasteiger partial charge in [-0.1, -0.05) is 11.6 Å². The first kappa shape index (κ1) is 12.9. The molecule has 5 heteroatoms. The molecule has 1 N–H and O–H groups in total. The van der Waals surface area contributed by atoms with E-state index < -0.39 is 0 Å². The summed E-state index contributed by atoms with van der Waals surface area (Å²) in [7, 11) is 0. The number of thiophene rings is 1. The molecule has 1 fully saturated rings. The highest BCUT2D eigenvalue weighted by atomic mass is 35.5. The summed E-state index contributed by atoms with van der Waals surface area (Å²) in [5.74, 6) is 0.0798. The number of aliphatic hydroxyl groups is 1. The number of amides is 1. The van der Waals surface area contributed by atoms with Crippen LogP contribution in [0, 0.1) is 0 Å².